The number of piperidine rings is 1. The molecule has 2 aromatic heterocycles. The van der Waals surface area contributed by atoms with E-state index in [1.54, 1.807) is 0 Å². The summed E-state index contributed by atoms with van der Waals surface area (Å²) in [4.78, 5) is 24.1. The van der Waals surface area contributed by atoms with Crippen LogP contribution in [0.15, 0.2) is 28.8 Å². The topological polar surface area (TPSA) is 84.2 Å². The van der Waals surface area contributed by atoms with Crippen LogP contribution in [0.1, 0.15) is 42.4 Å². The van der Waals surface area contributed by atoms with Gasteiger partial charge in [0.2, 0.25) is 5.91 Å². The third kappa shape index (κ3) is 4.09. The van der Waals surface area contributed by atoms with E-state index in [2.05, 4.69) is 56.5 Å². The lowest BCUT2D eigenvalue weighted by Gasteiger charge is -2.33. The van der Waals surface area contributed by atoms with Crippen LogP contribution in [0.5, 0.6) is 0 Å². The number of benzene rings is 1. The van der Waals surface area contributed by atoms with E-state index in [4.69, 9.17) is 4.52 Å². The molecule has 1 aliphatic rings. The number of aromatic nitrogens is 3. The van der Waals surface area contributed by atoms with E-state index in [0.29, 0.717) is 24.6 Å². The van der Waals surface area contributed by atoms with Crippen molar-refractivity contribution in [1.29, 1.82) is 0 Å². The summed E-state index contributed by atoms with van der Waals surface area (Å²) in [7, 11) is 0. The molecule has 1 N–H and O–H groups in total. The molecule has 0 bridgehead atoms. The second kappa shape index (κ2) is 8.19. The zero-order chi connectivity index (χ0) is 20.4. The molecule has 0 saturated carbocycles. The SMILES string of the molecule is CCc1noc2nc(C)nc(N3CCC[C@@H](C(=O)NCc4ccc(C)cc4)C3)c12. The van der Waals surface area contributed by atoms with Crippen LogP contribution < -0.4 is 10.2 Å². The summed E-state index contributed by atoms with van der Waals surface area (Å²) >= 11 is 0. The monoisotopic (exact) mass is 393 g/mol. The van der Waals surface area contributed by atoms with E-state index in [1.165, 1.54) is 5.56 Å². The summed E-state index contributed by atoms with van der Waals surface area (Å²) < 4.78 is 5.42. The summed E-state index contributed by atoms with van der Waals surface area (Å²) in [6, 6.07) is 8.25. The zero-order valence-electron chi connectivity index (χ0n) is 17.2. The maximum atomic E-state index is 12.8. The minimum Gasteiger partial charge on any atom is -0.355 e. The van der Waals surface area contributed by atoms with Gasteiger partial charge >= 0.3 is 0 Å². The van der Waals surface area contributed by atoms with Gasteiger partial charge in [-0.2, -0.15) is 4.98 Å². The smallest absolute Gasteiger partial charge is 0.263 e. The van der Waals surface area contributed by atoms with Gasteiger partial charge in [0.05, 0.1) is 11.6 Å². The molecule has 1 amide bonds. The summed E-state index contributed by atoms with van der Waals surface area (Å²) in [5.41, 5.74) is 3.72. The fraction of sp³-hybridized carbons (Fsp3) is 0.455. The van der Waals surface area contributed by atoms with Gasteiger partial charge in [0.15, 0.2) is 0 Å². The van der Waals surface area contributed by atoms with Gasteiger partial charge in [0, 0.05) is 19.6 Å². The molecule has 3 heterocycles. The molecule has 0 radical (unpaired) electrons. The summed E-state index contributed by atoms with van der Waals surface area (Å²) in [5, 5.41) is 8.12. The van der Waals surface area contributed by atoms with Gasteiger partial charge in [-0.15, -0.1) is 0 Å². The first-order valence-electron chi connectivity index (χ1n) is 10.3. The van der Waals surface area contributed by atoms with Crippen molar-refractivity contribution in [2.24, 2.45) is 5.92 Å². The highest BCUT2D eigenvalue weighted by molar-refractivity contribution is 5.89. The predicted octanol–water partition coefficient (Wildman–Crippen LogP) is 3.33. The second-order valence-electron chi connectivity index (χ2n) is 7.75. The zero-order valence-corrected chi connectivity index (χ0v) is 17.2. The van der Waals surface area contributed by atoms with Crippen molar-refractivity contribution < 1.29 is 9.32 Å². The quantitative estimate of drug-likeness (QED) is 0.716. The van der Waals surface area contributed by atoms with Gasteiger partial charge in [-0.1, -0.05) is 41.9 Å². The van der Waals surface area contributed by atoms with Crippen molar-refractivity contribution in [3.05, 3.63) is 46.9 Å². The number of fused-ring (bicyclic) bond motifs is 1. The third-order valence-electron chi connectivity index (χ3n) is 5.51. The molecule has 0 aliphatic carbocycles. The lowest BCUT2D eigenvalue weighted by Crippen LogP contribution is -2.43. The number of aryl methyl sites for hydroxylation is 3. The highest BCUT2D eigenvalue weighted by atomic mass is 16.5. The lowest BCUT2D eigenvalue weighted by molar-refractivity contribution is -0.125. The number of hydrogen-bond acceptors (Lipinski definition) is 6. The van der Waals surface area contributed by atoms with Crippen molar-refractivity contribution in [3.63, 3.8) is 0 Å². The van der Waals surface area contributed by atoms with Crippen molar-refractivity contribution in [3.8, 4) is 0 Å². The van der Waals surface area contributed by atoms with E-state index in [9.17, 15) is 4.79 Å². The molecule has 0 spiro atoms. The Morgan fingerprint density at radius 2 is 2.03 bits per heavy atom. The molecule has 1 aromatic carbocycles. The second-order valence-corrected chi connectivity index (χ2v) is 7.75. The van der Waals surface area contributed by atoms with Crippen LogP contribution in [-0.4, -0.2) is 34.1 Å². The Hall–Kier alpha value is -2.96. The average Bonchev–Trinajstić information content (AvgIpc) is 3.15. The molecule has 1 atom stereocenters. The van der Waals surface area contributed by atoms with Gasteiger partial charge in [0.1, 0.15) is 17.0 Å². The molecule has 1 saturated heterocycles. The van der Waals surface area contributed by atoms with E-state index >= 15 is 0 Å². The van der Waals surface area contributed by atoms with E-state index in [0.717, 1.165) is 48.3 Å². The standard InChI is InChI=1S/C22H27N5O2/c1-4-18-19-20(24-15(3)25-22(19)29-26-18)27-11-5-6-17(13-27)21(28)23-12-16-9-7-14(2)8-10-16/h7-10,17H,4-6,11-13H2,1-3H3,(H,23,28)/t17-/m1/s1. The Balaban J connectivity index is 1.49. The van der Waals surface area contributed by atoms with Crippen LogP contribution in [0.4, 0.5) is 5.82 Å². The van der Waals surface area contributed by atoms with Gasteiger partial charge in [0.25, 0.3) is 5.71 Å². The molecule has 7 nitrogen and oxygen atoms in total. The third-order valence-corrected chi connectivity index (χ3v) is 5.51. The molecule has 1 aliphatic heterocycles. The first-order valence-corrected chi connectivity index (χ1v) is 10.3. The summed E-state index contributed by atoms with van der Waals surface area (Å²) in [6.07, 6.45) is 2.58. The summed E-state index contributed by atoms with van der Waals surface area (Å²) in [5.74, 6) is 1.52. The van der Waals surface area contributed by atoms with Crippen molar-refractivity contribution in [1.82, 2.24) is 20.4 Å². The van der Waals surface area contributed by atoms with Gasteiger partial charge in [-0.05, 0) is 38.7 Å². The number of amides is 1. The Bertz CT molecular complexity index is 1010. The number of anilines is 1. The number of nitrogens with one attached hydrogen (secondary N) is 1. The van der Waals surface area contributed by atoms with Crippen molar-refractivity contribution in [2.45, 2.75) is 46.6 Å². The number of nitrogens with zero attached hydrogens (tertiary/aromatic N) is 4. The molecule has 4 rings (SSSR count). The Kier molecular flexibility index (Phi) is 5.47. The van der Waals surface area contributed by atoms with E-state index in [-0.39, 0.29) is 11.8 Å². The number of hydrogen-bond donors (Lipinski definition) is 1. The van der Waals surface area contributed by atoms with Crippen LogP contribution in [0.3, 0.4) is 0 Å². The van der Waals surface area contributed by atoms with Crippen molar-refractivity contribution >= 4 is 22.8 Å². The number of carbonyl (C=O) groups is 1. The maximum absolute atomic E-state index is 12.8. The highest BCUT2D eigenvalue weighted by Gasteiger charge is 2.29. The Morgan fingerprint density at radius 1 is 1.24 bits per heavy atom. The van der Waals surface area contributed by atoms with Crippen molar-refractivity contribution in [2.75, 3.05) is 18.0 Å². The average molecular weight is 393 g/mol. The molecule has 29 heavy (non-hydrogen) atoms. The molecule has 152 valence electrons. The molecule has 7 heteroatoms. The van der Waals surface area contributed by atoms with Gasteiger partial charge in [-0.25, -0.2) is 4.98 Å². The number of rotatable bonds is 5. The molecule has 3 aromatic rings. The summed E-state index contributed by atoms with van der Waals surface area (Å²) in [6.45, 7) is 8.01. The largest absolute Gasteiger partial charge is 0.355 e. The van der Waals surface area contributed by atoms with Crippen LogP contribution >= 0.6 is 0 Å². The predicted molar refractivity (Wildman–Crippen MR) is 112 cm³/mol. The Morgan fingerprint density at radius 3 is 2.79 bits per heavy atom. The lowest BCUT2D eigenvalue weighted by atomic mass is 9.96. The van der Waals surface area contributed by atoms with Gasteiger partial charge < -0.3 is 14.7 Å². The molecular formula is C22H27N5O2. The molecule has 1 fully saturated rings. The van der Waals surface area contributed by atoms with E-state index in [1.807, 2.05) is 13.8 Å². The maximum Gasteiger partial charge on any atom is 0.263 e. The fourth-order valence-electron chi connectivity index (χ4n) is 3.89. The first-order chi connectivity index (χ1) is 14.0. The molecule has 0 unspecified atom stereocenters. The first kappa shape index (κ1) is 19.4. The Labute approximate surface area is 170 Å². The highest BCUT2D eigenvalue weighted by Crippen LogP contribution is 2.30. The van der Waals surface area contributed by atoms with E-state index < -0.39 is 0 Å². The van der Waals surface area contributed by atoms with Crippen LogP contribution in [0.25, 0.3) is 11.1 Å². The van der Waals surface area contributed by atoms with Crippen LogP contribution in [0.2, 0.25) is 0 Å². The minimum atomic E-state index is -0.0653. The van der Waals surface area contributed by atoms with Gasteiger partial charge in [-0.3, -0.25) is 4.79 Å². The molecular weight excluding hydrogens is 366 g/mol. The normalized spacial score (nSPS) is 16.9. The van der Waals surface area contributed by atoms with Crippen LogP contribution in [-0.2, 0) is 17.8 Å². The van der Waals surface area contributed by atoms with Crippen LogP contribution in [0, 0.1) is 19.8 Å². The minimum absolute atomic E-state index is 0.0653. The fourth-order valence-corrected chi connectivity index (χ4v) is 3.89. The number of carbonyl (C=O) groups excluding carboxylic acids is 1.